The van der Waals surface area contributed by atoms with Gasteiger partial charge in [0.1, 0.15) is 44.7 Å². The van der Waals surface area contributed by atoms with Crippen molar-refractivity contribution in [3.63, 3.8) is 0 Å². The van der Waals surface area contributed by atoms with Crippen molar-refractivity contribution in [3.05, 3.63) is 206 Å². The first kappa shape index (κ1) is 35.6. The SMILES string of the molecule is c1ccc2c(c1)oc1cc(-c3ccc(-c4c5ccccc5c(-c5ccc(-c6cccc7oc8ccccc8c67)c6oc7ccccc7c56)c5ccccc45)c4c3oc3ccccc34)ccc12. The first-order valence-corrected chi connectivity index (χ1v) is 22.4. The summed E-state index contributed by atoms with van der Waals surface area (Å²) in [6.45, 7) is 0. The van der Waals surface area contributed by atoms with E-state index in [9.17, 15) is 0 Å². The lowest BCUT2D eigenvalue weighted by Crippen LogP contribution is -1.93. The van der Waals surface area contributed by atoms with Gasteiger partial charge in [-0.2, -0.15) is 0 Å². The third-order valence-corrected chi connectivity index (χ3v) is 13.9. The number of rotatable bonds is 4. The quantitative estimate of drug-likeness (QED) is 0.166. The lowest BCUT2D eigenvalue weighted by atomic mass is 9.83. The fourth-order valence-electron chi connectivity index (χ4n) is 11.1. The molecule has 0 unspecified atom stereocenters. The summed E-state index contributed by atoms with van der Waals surface area (Å²) in [6, 6.07) is 73.0. The first-order chi connectivity index (χ1) is 32.7. The average molecular weight is 843 g/mol. The summed E-state index contributed by atoms with van der Waals surface area (Å²) in [6.07, 6.45) is 0. The summed E-state index contributed by atoms with van der Waals surface area (Å²) in [7, 11) is 0. The maximum absolute atomic E-state index is 6.97. The molecule has 0 saturated carbocycles. The molecule has 66 heavy (non-hydrogen) atoms. The molecule has 0 radical (unpaired) electrons. The van der Waals surface area contributed by atoms with E-state index in [4.69, 9.17) is 17.7 Å². The van der Waals surface area contributed by atoms with Crippen LogP contribution >= 0.6 is 0 Å². The molecule has 0 bridgehead atoms. The van der Waals surface area contributed by atoms with Gasteiger partial charge in [-0.15, -0.1) is 0 Å². The minimum absolute atomic E-state index is 0.851. The van der Waals surface area contributed by atoms with Crippen LogP contribution in [0, 0.1) is 0 Å². The van der Waals surface area contributed by atoms with E-state index in [1.807, 2.05) is 30.3 Å². The van der Waals surface area contributed by atoms with Gasteiger partial charge in [0, 0.05) is 54.2 Å². The molecule has 15 rings (SSSR count). The minimum Gasteiger partial charge on any atom is -0.456 e. The fraction of sp³-hybridized carbons (Fsp3) is 0. The number of hydrogen-bond donors (Lipinski definition) is 0. The first-order valence-electron chi connectivity index (χ1n) is 22.4. The maximum Gasteiger partial charge on any atom is 0.143 e. The van der Waals surface area contributed by atoms with Gasteiger partial charge in [0.2, 0.25) is 0 Å². The monoisotopic (exact) mass is 842 g/mol. The molecule has 0 N–H and O–H groups in total. The highest BCUT2D eigenvalue weighted by Gasteiger charge is 2.26. The Balaban J connectivity index is 1.01. The molecule has 0 aliphatic rings. The van der Waals surface area contributed by atoms with Gasteiger partial charge >= 0.3 is 0 Å². The molecule has 0 spiro atoms. The van der Waals surface area contributed by atoms with Crippen molar-refractivity contribution in [2.24, 2.45) is 0 Å². The molecule has 11 aromatic carbocycles. The molecule has 15 aromatic rings. The molecule has 4 nitrogen and oxygen atoms in total. The summed E-state index contributed by atoms with van der Waals surface area (Å²) >= 11 is 0. The predicted octanol–water partition coefficient (Wildman–Crippen LogP) is 18.3. The molecule has 4 heterocycles. The van der Waals surface area contributed by atoms with Crippen molar-refractivity contribution in [2.75, 3.05) is 0 Å². The van der Waals surface area contributed by atoms with Crippen molar-refractivity contribution in [1.82, 2.24) is 0 Å². The molecule has 0 atom stereocenters. The van der Waals surface area contributed by atoms with Gasteiger partial charge in [-0.1, -0.05) is 152 Å². The van der Waals surface area contributed by atoms with Gasteiger partial charge in [0.05, 0.1) is 0 Å². The van der Waals surface area contributed by atoms with E-state index in [-0.39, 0.29) is 0 Å². The second-order valence-electron chi connectivity index (χ2n) is 17.4. The van der Waals surface area contributed by atoms with Crippen LogP contribution in [0.2, 0.25) is 0 Å². The van der Waals surface area contributed by atoms with Crippen molar-refractivity contribution in [3.8, 4) is 44.5 Å². The molecule has 0 aliphatic carbocycles. The van der Waals surface area contributed by atoms with Crippen LogP contribution in [0.4, 0.5) is 0 Å². The van der Waals surface area contributed by atoms with Gasteiger partial charge in [-0.25, -0.2) is 0 Å². The van der Waals surface area contributed by atoms with Crippen LogP contribution in [-0.4, -0.2) is 0 Å². The van der Waals surface area contributed by atoms with E-state index in [0.717, 1.165) is 143 Å². The Labute approximate surface area is 376 Å². The molecule has 0 aliphatic heterocycles. The lowest BCUT2D eigenvalue weighted by molar-refractivity contribution is 0.667. The van der Waals surface area contributed by atoms with Crippen molar-refractivity contribution in [2.45, 2.75) is 0 Å². The Kier molecular flexibility index (Phi) is 7.19. The van der Waals surface area contributed by atoms with Crippen molar-refractivity contribution < 1.29 is 17.7 Å². The second-order valence-corrected chi connectivity index (χ2v) is 17.4. The Morgan fingerprint density at radius 1 is 0.212 bits per heavy atom. The average Bonchev–Trinajstić information content (AvgIpc) is 4.16. The Hall–Kier alpha value is -8.86. The molecule has 4 heteroatoms. The zero-order chi connectivity index (χ0) is 43.0. The Morgan fingerprint density at radius 2 is 0.606 bits per heavy atom. The molecule has 4 aromatic heterocycles. The highest BCUT2D eigenvalue weighted by Crippen LogP contribution is 2.52. The second kappa shape index (κ2) is 13.3. The zero-order valence-corrected chi connectivity index (χ0v) is 35.3. The third kappa shape index (κ3) is 4.87. The number of hydrogen-bond acceptors (Lipinski definition) is 4. The number of benzene rings is 11. The lowest BCUT2D eigenvalue weighted by Gasteiger charge is -2.19. The van der Waals surface area contributed by atoms with E-state index in [1.54, 1.807) is 0 Å². The third-order valence-electron chi connectivity index (χ3n) is 13.9. The topological polar surface area (TPSA) is 52.6 Å². The van der Waals surface area contributed by atoms with Gasteiger partial charge in [0.25, 0.3) is 0 Å². The molecule has 0 saturated heterocycles. The van der Waals surface area contributed by atoms with Crippen LogP contribution in [0.3, 0.4) is 0 Å². The summed E-state index contributed by atoms with van der Waals surface area (Å²) in [5, 5.41) is 13.4. The van der Waals surface area contributed by atoms with Gasteiger partial charge < -0.3 is 17.7 Å². The molecular formula is C62H34O4. The van der Waals surface area contributed by atoms with E-state index in [1.165, 1.54) is 11.1 Å². The van der Waals surface area contributed by atoms with Gasteiger partial charge in [-0.3, -0.25) is 0 Å². The number of furan rings is 4. The zero-order valence-electron chi connectivity index (χ0n) is 35.3. The number of fused-ring (bicyclic) bond motifs is 14. The number of para-hydroxylation sites is 4. The van der Waals surface area contributed by atoms with Crippen LogP contribution in [0.15, 0.2) is 224 Å². The molecule has 306 valence electrons. The highest BCUT2D eigenvalue weighted by molar-refractivity contribution is 6.30. The molecule has 0 fully saturated rings. The van der Waals surface area contributed by atoms with Crippen LogP contribution in [0.1, 0.15) is 0 Å². The van der Waals surface area contributed by atoms with E-state index >= 15 is 0 Å². The van der Waals surface area contributed by atoms with Crippen LogP contribution < -0.4 is 0 Å². The summed E-state index contributed by atoms with van der Waals surface area (Å²) in [4.78, 5) is 0. The highest BCUT2D eigenvalue weighted by atomic mass is 16.3. The summed E-state index contributed by atoms with van der Waals surface area (Å²) in [5.74, 6) is 0. The fourth-order valence-corrected chi connectivity index (χ4v) is 11.1. The van der Waals surface area contributed by atoms with Crippen LogP contribution in [-0.2, 0) is 0 Å². The largest absolute Gasteiger partial charge is 0.456 e. The summed E-state index contributed by atoms with van der Waals surface area (Å²) < 4.78 is 26.7. The van der Waals surface area contributed by atoms with Gasteiger partial charge in [0.15, 0.2) is 0 Å². The summed E-state index contributed by atoms with van der Waals surface area (Å²) in [5.41, 5.74) is 15.6. The Bertz CT molecular complexity index is 4480. The van der Waals surface area contributed by atoms with Crippen LogP contribution in [0.5, 0.6) is 0 Å². The minimum atomic E-state index is 0.851. The molecule has 0 amide bonds. The maximum atomic E-state index is 6.97. The Morgan fingerprint density at radius 3 is 1.18 bits per heavy atom. The standard InChI is InChI=1S/C62H34O4/c1-3-17-41-39(15-1)56(48-32-30-36(61-59(48)46-20-7-11-25-52(46)65-61)35-28-29-38-37-14-5-9-23-50(37)64-55(38)34-35)40-16-2-4-18-42(40)57(41)49-33-31-44(62-60(49)47-21-8-12-26-53(47)66-62)43-22-13-27-54-58(43)45-19-6-10-24-51(45)63-54/h1-34H. The van der Waals surface area contributed by atoms with Gasteiger partial charge in [-0.05, 0) is 110 Å². The van der Waals surface area contributed by atoms with E-state index in [2.05, 4.69) is 176 Å². The smallest absolute Gasteiger partial charge is 0.143 e. The normalized spacial score (nSPS) is 12.2. The van der Waals surface area contributed by atoms with Crippen LogP contribution in [0.25, 0.3) is 154 Å². The van der Waals surface area contributed by atoms with E-state index in [0.29, 0.717) is 0 Å². The van der Waals surface area contributed by atoms with E-state index < -0.39 is 0 Å². The predicted molar refractivity (Wildman–Crippen MR) is 272 cm³/mol. The van der Waals surface area contributed by atoms with Crippen molar-refractivity contribution >= 4 is 109 Å². The van der Waals surface area contributed by atoms with Crippen molar-refractivity contribution in [1.29, 1.82) is 0 Å². The molecular weight excluding hydrogens is 809 g/mol.